The molecule has 0 aliphatic carbocycles. The molecule has 0 saturated heterocycles. The Hall–Kier alpha value is -4.45. The van der Waals surface area contributed by atoms with Gasteiger partial charge in [-0.05, 0) is 62.3 Å². The summed E-state index contributed by atoms with van der Waals surface area (Å²) in [6.45, 7) is 12.7. The van der Waals surface area contributed by atoms with Crippen LogP contribution in [0, 0.1) is 16.7 Å². The number of carbonyl (C=O) groups is 3. The number of benzene rings is 2. The van der Waals surface area contributed by atoms with E-state index in [1.165, 1.54) is 49.7 Å². The number of thiazole rings is 1. The van der Waals surface area contributed by atoms with Gasteiger partial charge in [0.1, 0.15) is 17.6 Å². The largest absolute Gasteiger partial charge is 0.465 e. The fraction of sp³-hybridized carbons (Fsp3) is 0.538. The SMILES string of the molecule is CC[C@H](C)[C@H](NC(=O)N(C)Cc1csc(CN(C(=O)O)C(C)(C)C)n1)C(=O)N[C@@H](Cc1ccccc1)[C@H](O)CN(CC(C)C)S(=O)(=O)c1ccc(CN=O)cc1. The molecule has 3 rings (SSSR count). The van der Waals surface area contributed by atoms with Crippen LogP contribution < -0.4 is 10.6 Å². The molecule has 0 unspecified atom stereocenters. The maximum atomic E-state index is 14.1. The standard InChI is InChI=1S/C39H57N7O8S2/c1-9-27(4)35(43-37(49)44(8)22-30-25-55-34(41-30)24-46(38(50)51)39(5,6)7)36(48)42-32(19-28-13-11-10-12-14-28)33(47)23-45(21-26(2)3)56(53,54)31-17-15-29(16-18-31)20-40-52/h10-18,25-27,32-33,35,47H,9,19-24H2,1-8H3,(H,42,48)(H,43,49)(H,50,51)/t27-,32-,33+,35-/m0/s1. The van der Waals surface area contributed by atoms with Gasteiger partial charge >= 0.3 is 12.1 Å². The van der Waals surface area contributed by atoms with Gasteiger partial charge in [-0.25, -0.2) is 23.0 Å². The van der Waals surface area contributed by atoms with Gasteiger partial charge in [-0.2, -0.15) is 9.21 Å². The Morgan fingerprint density at radius 2 is 1.59 bits per heavy atom. The number of aliphatic hydroxyl groups excluding tert-OH is 1. The van der Waals surface area contributed by atoms with E-state index in [1.807, 2.05) is 58.0 Å². The van der Waals surface area contributed by atoms with Crippen LogP contribution in [-0.4, -0.2) is 99.6 Å². The van der Waals surface area contributed by atoms with Crippen LogP contribution in [0.15, 0.2) is 70.0 Å². The van der Waals surface area contributed by atoms with E-state index < -0.39 is 51.8 Å². The maximum Gasteiger partial charge on any atom is 0.408 e. The van der Waals surface area contributed by atoms with Crippen molar-refractivity contribution in [3.8, 4) is 0 Å². The molecule has 17 heteroatoms. The molecular formula is C39H57N7O8S2. The Bertz CT molecular complexity index is 1850. The number of aliphatic hydroxyl groups is 1. The Morgan fingerprint density at radius 3 is 2.14 bits per heavy atom. The van der Waals surface area contributed by atoms with Crippen LogP contribution in [0.4, 0.5) is 9.59 Å². The van der Waals surface area contributed by atoms with Gasteiger partial charge in [0.15, 0.2) is 0 Å². The normalized spacial score (nSPS) is 14.1. The molecule has 0 bridgehead atoms. The summed E-state index contributed by atoms with van der Waals surface area (Å²) >= 11 is 1.29. The molecule has 4 atom stereocenters. The van der Waals surface area contributed by atoms with Crippen LogP contribution in [0.25, 0.3) is 0 Å². The molecular weight excluding hydrogens is 759 g/mol. The number of carboxylic acid groups (broad SMARTS) is 1. The van der Waals surface area contributed by atoms with Crippen LogP contribution in [0.3, 0.4) is 0 Å². The van der Waals surface area contributed by atoms with Crippen molar-refractivity contribution in [2.45, 2.75) is 110 Å². The van der Waals surface area contributed by atoms with Crippen molar-refractivity contribution < 1.29 is 33.0 Å². The molecule has 0 spiro atoms. The number of amides is 4. The van der Waals surface area contributed by atoms with Crippen molar-refractivity contribution in [2.24, 2.45) is 17.0 Å². The van der Waals surface area contributed by atoms with Gasteiger partial charge in [0.25, 0.3) is 0 Å². The molecule has 0 aliphatic heterocycles. The van der Waals surface area contributed by atoms with Gasteiger partial charge < -0.3 is 25.7 Å². The molecule has 0 saturated carbocycles. The highest BCUT2D eigenvalue weighted by atomic mass is 32.2. The number of urea groups is 1. The summed E-state index contributed by atoms with van der Waals surface area (Å²) in [5.41, 5.74) is 1.29. The molecule has 1 heterocycles. The second-order valence-corrected chi connectivity index (χ2v) is 18.3. The maximum absolute atomic E-state index is 14.1. The number of nitrogens with zero attached hydrogens (tertiary/aromatic N) is 5. The molecule has 2 aromatic carbocycles. The molecule has 308 valence electrons. The number of aromatic nitrogens is 1. The molecule has 3 aromatic rings. The van der Waals surface area contributed by atoms with Gasteiger partial charge in [0.05, 0.1) is 35.8 Å². The zero-order valence-corrected chi connectivity index (χ0v) is 35.1. The van der Waals surface area contributed by atoms with Crippen molar-refractivity contribution in [3.05, 3.63) is 86.7 Å². The van der Waals surface area contributed by atoms with Crippen molar-refractivity contribution in [1.82, 2.24) is 29.7 Å². The Kier molecular flexibility index (Phi) is 16.9. The summed E-state index contributed by atoms with van der Waals surface area (Å²) < 4.78 is 29.0. The summed E-state index contributed by atoms with van der Waals surface area (Å²) in [6, 6.07) is 12.6. The van der Waals surface area contributed by atoms with E-state index in [2.05, 4.69) is 20.8 Å². The molecule has 0 aliphatic rings. The van der Waals surface area contributed by atoms with Gasteiger partial charge in [0, 0.05) is 31.1 Å². The summed E-state index contributed by atoms with van der Waals surface area (Å²) in [7, 11) is -2.53. The molecule has 0 fully saturated rings. The molecule has 56 heavy (non-hydrogen) atoms. The van der Waals surface area contributed by atoms with Crippen molar-refractivity contribution >= 4 is 39.4 Å². The molecule has 4 amide bonds. The third-order valence-electron chi connectivity index (χ3n) is 9.31. The zero-order chi connectivity index (χ0) is 41.8. The Morgan fingerprint density at radius 1 is 0.946 bits per heavy atom. The second-order valence-electron chi connectivity index (χ2n) is 15.5. The minimum Gasteiger partial charge on any atom is -0.465 e. The lowest BCUT2D eigenvalue weighted by atomic mass is 9.96. The summed E-state index contributed by atoms with van der Waals surface area (Å²) in [4.78, 5) is 57.4. The molecule has 4 N–H and O–H groups in total. The van der Waals surface area contributed by atoms with Crippen molar-refractivity contribution in [2.75, 3.05) is 20.1 Å². The monoisotopic (exact) mass is 815 g/mol. The number of hydrogen-bond donors (Lipinski definition) is 4. The first-order valence-corrected chi connectivity index (χ1v) is 20.9. The number of nitroso groups, excluding NO2 is 1. The average molecular weight is 816 g/mol. The number of nitrogens with one attached hydrogen (secondary N) is 2. The van der Waals surface area contributed by atoms with Crippen molar-refractivity contribution in [3.63, 3.8) is 0 Å². The third kappa shape index (κ3) is 13.3. The second kappa shape index (κ2) is 20.6. The Balaban J connectivity index is 1.82. The summed E-state index contributed by atoms with van der Waals surface area (Å²) in [5, 5.41) is 32.4. The number of rotatable bonds is 20. The first-order valence-electron chi connectivity index (χ1n) is 18.6. The van der Waals surface area contributed by atoms with E-state index in [1.54, 1.807) is 33.2 Å². The van der Waals surface area contributed by atoms with E-state index in [-0.39, 0.29) is 55.9 Å². The zero-order valence-electron chi connectivity index (χ0n) is 33.5. The molecule has 15 nitrogen and oxygen atoms in total. The first kappa shape index (κ1) is 45.9. The van der Waals surface area contributed by atoms with Crippen LogP contribution in [0.2, 0.25) is 0 Å². The highest BCUT2D eigenvalue weighted by Gasteiger charge is 2.34. The fourth-order valence-corrected chi connectivity index (χ4v) is 8.30. The van der Waals surface area contributed by atoms with Crippen LogP contribution in [-0.2, 0) is 40.9 Å². The minimum atomic E-state index is -4.10. The lowest BCUT2D eigenvalue weighted by Crippen LogP contribution is -2.58. The lowest BCUT2D eigenvalue weighted by molar-refractivity contribution is -0.125. The first-order chi connectivity index (χ1) is 26.3. The van der Waals surface area contributed by atoms with Crippen molar-refractivity contribution in [1.29, 1.82) is 0 Å². The molecule has 1 aromatic heterocycles. The predicted octanol–water partition coefficient (Wildman–Crippen LogP) is 5.68. The van der Waals surface area contributed by atoms with Gasteiger partial charge in [-0.1, -0.05) is 81.8 Å². The van der Waals surface area contributed by atoms with E-state index in [0.717, 1.165) is 5.56 Å². The van der Waals surface area contributed by atoms with Gasteiger partial charge in [-0.15, -0.1) is 11.3 Å². The van der Waals surface area contributed by atoms with Crippen LogP contribution >= 0.6 is 11.3 Å². The van der Waals surface area contributed by atoms with Gasteiger partial charge in [-0.3, -0.25) is 9.69 Å². The molecule has 0 radical (unpaired) electrons. The lowest BCUT2D eigenvalue weighted by Gasteiger charge is -2.33. The highest BCUT2D eigenvalue weighted by Crippen LogP contribution is 2.22. The van der Waals surface area contributed by atoms with E-state index in [0.29, 0.717) is 22.7 Å². The number of sulfonamides is 1. The third-order valence-corrected chi connectivity index (χ3v) is 12.0. The number of carbonyl (C=O) groups excluding carboxylic acids is 2. The van der Waals surface area contributed by atoms with E-state index >= 15 is 0 Å². The van der Waals surface area contributed by atoms with E-state index in [4.69, 9.17) is 0 Å². The summed E-state index contributed by atoms with van der Waals surface area (Å²) in [5.74, 6) is -0.952. The summed E-state index contributed by atoms with van der Waals surface area (Å²) in [6.07, 6.45) is -1.69. The number of hydrogen-bond acceptors (Lipinski definition) is 10. The quantitative estimate of drug-likeness (QED) is 0.104. The topological polar surface area (TPSA) is 202 Å². The Labute approximate surface area is 334 Å². The van der Waals surface area contributed by atoms with Crippen LogP contribution in [0.1, 0.15) is 76.7 Å². The van der Waals surface area contributed by atoms with Crippen LogP contribution in [0.5, 0.6) is 0 Å². The van der Waals surface area contributed by atoms with Gasteiger partial charge in [0.2, 0.25) is 15.9 Å². The average Bonchev–Trinajstić information content (AvgIpc) is 3.58. The van der Waals surface area contributed by atoms with E-state index in [9.17, 15) is 37.9 Å². The smallest absolute Gasteiger partial charge is 0.408 e. The minimum absolute atomic E-state index is 0.00618. The fourth-order valence-electron chi connectivity index (χ4n) is 5.91. The predicted molar refractivity (Wildman–Crippen MR) is 216 cm³/mol. The highest BCUT2D eigenvalue weighted by molar-refractivity contribution is 7.89.